The summed E-state index contributed by atoms with van der Waals surface area (Å²) < 4.78 is 7.06. The maximum atomic E-state index is 9.92. The van der Waals surface area contributed by atoms with Crippen LogP contribution in [0.5, 0.6) is 0 Å². The predicted octanol–water partition coefficient (Wildman–Crippen LogP) is 0.683. The van der Waals surface area contributed by atoms with E-state index < -0.39 is 0 Å². The van der Waals surface area contributed by atoms with Crippen molar-refractivity contribution >= 4 is 29.9 Å². The van der Waals surface area contributed by atoms with Crippen LogP contribution in [0.25, 0.3) is 0 Å². The molecule has 0 bridgehead atoms. The topological polar surface area (TPSA) is 96.6 Å². The number of aromatic nitrogens is 3. The molecular weight excluding hydrogens is 435 g/mol. The van der Waals surface area contributed by atoms with Crippen molar-refractivity contribution in [3.63, 3.8) is 0 Å². The first-order valence-corrected chi connectivity index (χ1v) is 8.76. The minimum absolute atomic E-state index is 0. The third-order valence-electron chi connectivity index (χ3n) is 4.89. The molecule has 1 saturated carbocycles. The lowest BCUT2D eigenvalue weighted by Gasteiger charge is -2.26. The van der Waals surface area contributed by atoms with Crippen LogP contribution in [0.15, 0.2) is 4.99 Å². The Hall–Kier alpha value is -0.940. The Morgan fingerprint density at radius 3 is 2.92 bits per heavy atom. The van der Waals surface area contributed by atoms with Crippen LogP contribution in [0.4, 0.5) is 0 Å². The second kappa shape index (κ2) is 9.67. The predicted molar refractivity (Wildman–Crippen MR) is 106 cm³/mol. The molecule has 0 spiro atoms. The van der Waals surface area contributed by atoms with Gasteiger partial charge in [-0.1, -0.05) is 6.42 Å². The fraction of sp³-hybridized carbons (Fsp3) is 0.812. The van der Waals surface area contributed by atoms with Gasteiger partial charge in [0.1, 0.15) is 12.4 Å². The van der Waals surface area contributed by atoms with E-state index >= 15 is 0 Å². The first-order valence-electron chi connectivity index (χ1n) is 8.76. The van der Waals surface area contributed by atoms with Crippen LogP contribution >= 0.6 is 24.0 Å². The summed E-state index contributed by atoms with van der Waals surface area (Å²) in [4.78, 5) is 8.80. The number of rotatable bonds is 5. The highest BCUT2D eigenvalue weighted by molar-refractivity contribution is 14.0. The molecule has 0 aromatic carbocycles. The first-order chi connectivity index (χ1) is 11.7. The Morgan fingerprint density at radius 2 is 2.24 bits per heavy atom. The number of aryl methyl sites for hydroxylation is 1. The number of nitrogens with zero attached hydrogens (tertiary/aromatic N) is 4. The number of ether oxygens (including phenoxy) is 1. The van der Waals surface area contributed by atoms with Gasteiger partial charge in [-0.15, -0.1) is 24.0 Å². The number of fused-ring (bicyclic) bond motifs is 1. The summed E-state index contributed by atoms with van der Waals surface area (Å²) in [6, 6.07) is 0.272. The molecule has 3 N–H and O–H groups in total. The van der Waals surface area contributed by atoms with E-state index in [0.29, 0.717) is 12.5 Å². The summed E-state index contributed by atoms with van der Waals surface area (Å²) in [5.74, 6) is 2.89. The van der Waals surface area contributed by atoms with E-state index in [1.165, 1.54) is 0 Å². The van der Waals surface area contributed by atoms with Gasteiger partial charge in [-0.25, -0.2) is 9.67 Å². The summed E-state index contributed by atoms with van der Waals surface area (Å²) in [6.07, 6.45) is 4.83. The Bertz CT molecular complexity index is 579. The minimum atomic E-state index is -0.179. The van der Waals surface area contributed by atoms with E-state index in [4.69, 9.17) is 4.74 Å². The molecule has 25 heavy (non-hydrogen) atoms. The molecule has 8 nitrogen and oxygen atoms in total. The summed E-state index contributed by atoms with van der Waals surface area (Å²) in [7, 11) is 3.43. The molecule has 142 valence electrons. The molecule has 0 radical (unpaired) electrons. The molecular formula is C16H29IN6O2. The molecule has 1 aromatic rings. The molecule has 3 rings (SSSR count). The largest absolute Gasteiger partial charge is 0.393 e. The van der Waals surface area contributed by atoms with Crippen LogP contribution in [0, 0.1) is 5.92 Å². The molecule has 1 aromatic heterocycles. The van der Waals surface area contributed by atoms with Crippen LogP contribution in [0.1, 0.15) is 37.3 Å². The average Bonchev–Trinajstić information content (AvgIpc) is 3.16. The average molecular weight is 464 g/mol. The van der Waals surface area contributed by atoms with Crippen molar-refractivity contribution < 1.29 is 9.84 Å². The van der Waals surface area contributed by atoms with Gasteiger partial charge in [0.05, 0.1) is 12.6 Å². The monoisotopic (exact) mass is 464 g/mol. The van der Waals surface area contributed by atoms with Gasteiger partial charge < -0.3 is 20.5 Å². The second-order valence-electron chi connectivity index (χ2n) is 6.65. The molecule has 2 heterocycles. The smallest absolute Gasteiger partial charge is 0.191 e. The van der Waals surface area contributed by atoms with Crippen LogP contribution in [0.3, 0.4) is 0 Å². The van der Waals surface area contributed by atoms with E-state index in [9.17, 15) is 5.11 Å². The molecule has 9 heteroatoms. The van der Waals surface area contributed by atoms with Crippen LogP contribution in [0.2, 0.25) is 0 Å². The fourth-order valence-electron chi connectivity index (χ4n) is 3.54. The molecule has 2 aliphatic rings. The number of hydrogen-bond acceptors (Lipinski definition) is 5. The van der Waals surface area contributed by atoms with E-state index in [1.54, 1.807) is 14.2 Å². The fourth-order valence-corrected chi connectivity index (χ4v) is 3.54. The Morgan fingerprint density at radius 1 is 1.40 bits per heavy atom. The summed E-state index contributed by atoms with van der Waals surface area (Å²) >= 11 is 0. The number of halogens is 1. The van der Waals surface area contributed by atoms with E-state index in [-0.39, 0.29) is 36.1 Å². The van der Waals surface area contributed by atoms with E-state index in [1.807, 2.05) is 4.68 Å². The lowest BCUT2D eigenvalue weighted by molar-refractivity contribution is 0.134. The van der Waals surface area contributed by atoms with Crippen molar-refractivity contribution in [1.82, 2.24) is 25.4 Å². The number of guanidine groups is 1. The van der Waals surface area contributed by atoms with Gasteiger partial charge in [0.2, 0.25) is 0 Å². The highest BCUT2D eigenvalue weighted by atomic mass is 127. The van der Waals surface area contributed by atoms with Gasteiger partial charge in [0, 0.05) is 39.1 Å². The Kier molecular flexibility index (Phi) is 7.88. The number of aliphatic hydroxyl groups is 1. The third kappa shape index (κ3) is 5.27. The van der Waals surface area contributed by atoms with Crippen molar-refractivity contribution in [2.45, 2.75) is 57.4 Å². The highest BCUT2D eigenvalue weighted by Gasteiger charge is 2.26. The molecule has 0 amide bonds. The maximum absolute atomic E-state index is 9.92. The lowest BCUT2D eigenvalue weighted by atomic mass is 10.1. The van der Waals surface area contributed by atoms with Gasteiger partial charge in [-0.3, -0.25) is 4.99 Å². The van der Waals surface area contributed by atoms with Gasteiger partial charge in [-0.2, -0.15) is 5.10 Å². The maximum Gasteiger partial charge on any atom is 0.191 e. The van der Waals surface area contributed by atoms with Crippen LogP contribution < -0.4 is 10.6 Å². The van der Waals surface area contributed by atoms with Crippen LogP contribution in [-0.4, -0.2) is 58.7 Å². The van der Waals surface area contributed by atoms with Crippen molar-refractivity contribution in [2.75, 3.05) is 20.7 Å². The molecule has 3 atom stereocenters. The SMILES string of the molecule is CN=C(NCC1CCCC1O)NC1CCc2nc(COC)nn2C1.I. The van der Waals surface area contributed by atoms with Crippen molar-refractivity contribution in [3.05, 3.63) is 11.6 Å². The first kappa shape index (κ1) is 20.4. The third-order valence-corrected chi connectivity index (χ3v) is 4.89. The van der Waals surface area contributed by atoms with Crippen molar-refractivity contribution in [1.29, 1.82) is 0 Å². The van der Waals surface area contributed by atoms with Gasteiger partial charge in [0.25, 0.3) is 0 Å². The molecule has 1 fully saturated rings. The summed E-state index contributed by atoms with van der Waals surface area (Å²) in [5.41, 5.74) is 0. The highest BCUT2D eigenvalue weighted by Crippen LogP contribution is 2.24. The number of methoxy groups -OCH3 is 1. The zero-order chi connectivity index (χ0) is 16.9. The van der Waals surface area contributed by atoms with E-state index in [0.717, 1.165) is 62.8 Å². The minimum Gasteiger partial charge on any atom is -0.393 e. The standard InChI is InChI=1S/C16H28N6O2.HI/c1-17-16(18-8-11-4-3-5-13(11)23)19-12-6-7-15-20-14(10-24-2)21-22(15)9-12;/h11-13,23H,3-10H2,1-2H3,(H2,17,18,19);1H. The summed E-state index contributed by atoms with van der Waals surface area (Å²) in [5, 5.41) is 21.2. The second-order valence-corrected chi connectivity index (χ2v) is 6.65. The van der Waals surface area contributed by atoms with E-state index in [2.05, 4.69) is 25.7 Å². The number of hydrogen-bond donors (Lipinski definition) is 3. The zero-order valence-electron chi connectivity index (χ0n) is 14.9. The number of aliphatic imine (C=N–C) groups is 1. The Labute approximate surface area is 165 Å². The number of nitrogens with one attached hydrogen (secondary N) is 2. The number of aliphatic hydroxyl groups excluding tert-OH is 1. The lowest BCUT2D eigenvalue weighted by Crippen LogP contribution is -2.48. The zero-order valence-corrected chi connectivity index (χ0v) is 17.3. The molecule has 1 aliphatic heterocycles. The van der Waals surface area contributed by atoms with Crippen molar-refractivity contribution in [3.8, 4) is 0 Å². The molecule has 0 saturated heterocycles. The van der Waals surface area contributed by atoms with Crippen LogP contribution in [-0.2, 0) is 24.3 Å². The molecule has 3 unspecified atom stereocenters. The van der Waals surface area contributed by atoms with Gasteiger partial charge in [0.15, 0.2) is 11.8 Å². The quantitative estimate of drug-likeness (QED) is 0.337. The molecule has 1 aliphatic carbocycles. The van der Waals surface area contributed by atoms with Crippen molar-refractivity contribution in [2.24, 2.45) is 10.9 Å². The van der Waals surface area contributed by atoms with Gasteiger partial charge in [-0.05, 0) is 19.3 Å². The Balaban J connectivity index is 0.00000225. The normalized spacial score (nSPS) is 26.0. The summed E-state index contributed by atoms with van der Waals surface area (Å²) in [6.45, 7) is 1.99. The van der Waals surface area contributed by atoms with Gasteiger partial charge >= 0.3 is 0 Å².